The van der Waals surface area contributed by atoms with E-state index >= 15 is 0 Å². The maximum Gasteiger partial charge on any atom is 0.320 e. The van der Waals surface area contributed by atoms with Gasteiger partial charge in [-0.1, -0.05) is 0 Å². The predicted molar refractivity (Wildman–Crippen MR) is 79.3 cm³/mol. The van der Waals surface area contributed by atoms with Gasteiger partial charge in [-0.3, -0.25) is 15.1 Å². The van der Waals surface area contributed by atoms with Gasteiger partial charge in [0.05, 0.1) is 21.9 Å². The highest BCUT2D eigenvalue weighted by Gasteiger charge is 2.25. The number of nitro benzene ring substituents is 1. The van der Waals surface area contributed by atoms with Crippen LogP contribution in [0.2, 0.25) is 0 Å². The summed E-state index contributed by atoms with van der Waals surface area (Å²) < 4.78 is 5.88. The van der Waals surface area contributed by atoms with Crippen LogP contribution in [0, 0.1) is 10.1 Å². The van der Waals surface area contributed by atoms with E-state index in [2.05, 4.69) is 4.98 Å². The molecule has 1 saturated carbocycles. The zero-order valence-corrected chi connectivity index (χ0v) is 11.6. The van der Waals surface area contributed by atoms with Crippen LogP contribution < -0.4 is 10.5 Å². The lowest BCUT2D eigenvalue weighted by Crippen LogP contribution is -2.31. The molecule has 1 aliphatic carbocycles. The summed E-state index contributed by atoms with van der Waals surface area (Å²) in [4.78, 5) is 15.2. The van der Waals surface area contributed by atoms with E-state index in [1.807, 2.05) is 0 Å². The van der Waals surface area contributed by atoms with Gasteiger partial charge in [0.15, 0.2) is 5.75 Å². The van der Waals surface area contributed by atoms with E-state index in [0.717, 1.165) is 25.7 Å². The molecule has 1 aliphatic rings. The van der Waals surface area contributed by atoms with Crippen molar-refractivity contribution in [2.24, 2.45) is 5.73 Å². The van der Waals surface area contributed by atoms with E-state index in [0.29, 0.717) is 16.7 Å². The first-order chi connectivity index (χ1) is 10.1. The summed E-state index contributed by atoms with van der Waals surface area (Å²) in [7, 11) is 0. The molecule has 6 heteroatoms. The van der Waals surface area contributed by atoms with Crippen LogP contribution >= 0.6 is 0 Å². The predicted octanol–water partition coefficient (Wildman–Crippen LogP) is 2.79. The highest BCUT2D eigenvalue weighted by atomic mass is 16.6. The van der Waals surface area contributed by atoms with Gasteiger partial charge >= 0.3 is 5.69 Å². The van der Waals surface area contributed by atoms with Gasteiger partial charge in [-0.15, -0.1) is 0 Å². The summed E-state index contributed by atoms with van der Waals surface area (Å²) in [6.07, 6.45) is 5.08. The number of pyridine rings is 1. The molecule has 0 saturated heterocycles. The molecule has 110 valence electrons. The van der Waals surface area contributed by atoms with Crippen molar-refractivity contribution in [1.29, 1.82) is 0 Å². The fourth-order valence-electron chi connectivity index (χ4n) is 2.79. The Hall–Kier alpha value is -2.21. The summed E-state index contributed by atoms with van der Waals surface area (Å²) in [6, 6.07) is 7.01. The zero-order chi connectivity index (χ0) is 14.8. The molecule has 2 aromatic rings. The number of benzene rings is 1. The van der Waals surface area contributed by atoms with Crippen molar-refractivity contribution in [3.8, 4) is 5.75 Å². The monoisotopic (exact) mass is 287 g/mol. The molecule has 0 spiro atoms. The van der Waals surface area contributed by atoms with Crippen LogP contribution in [0.1, 0.15) is 25.7 Å². The number of aromatic nitrogens is 1. The Morgan fingerprint density at radius 1 is 1.24 bits per heavy atom. The molecule has 0 radical (unpaired) electrons. The minimum Gasteiger partial charge on any atom is -0.483 e. The number of nitrogens with zero attached hydrogens (tertiary/aromatic N) is 2. The molecule has 6 nitrogen and oxygen atoms in total. The Morgan fingerprint density at radius 2 is 2.00 bits per heavy atom. The lowest BCUT2D eigenvalue weighted by atomic mass is 9.93. The average molecular weight is 287 g/mol. The van der Waals surface area contributed by atoms with E-state index in [4.69, 9.17) is 10.5 Å². The van der Waals surface area contributed by atoms with Gasteiger partial charge in [0.1, 0.15) is 0 Å². The van der Waals surface area contributed by atoms with Gasteiger partial charge in [-0.2, -0.15) is 0 Å². The molecule has 1 aromatic heterocycles. The van der Waals surface area contributed by atoms with Gasteiger partial charge in [-0.25, -0.2) is 0 Å². The van der Waals surface area contributed by atoms with Gasteiger partial charge < -0.3 is 10.5 Å². The number of rotatable bonds is 3. The molecule has 0 aliphatic heterocycles. The van der Waals surface area contributed by atoms with E-state index in [1.54, 1.807) is 30.5 Å². The number of hydrogen-bond donors (Lipinski definition) is 1. The van der Waals surface area contributed by atoms with Crippen LogP contribution in [0.3, 0.4) is 0 Å². The largest absolute Gasteiger partial charge is 0.483 e. The summed E-state index contributed by atoms with van der Waals surface area (Å²) in [5.74, 6) is 0.320. The second kappa shape index (κ2) is 5.65. The molecule has 3 rings (SSSR count). The van der Waals surface area contributed by atoms with Crippen molar-refractivity contribution in [1.82, 2.24) is 4.98 Å². The first-order valence-electron chi connectivity index (χ1n) is 7.09. The van der Waals surface area contributed by atoms with Crippen LogP contribution in [0.25, 0.3) is 10.9 Å². The van der Waals surface area contributed by atoms with Crippen molar-refractivity contribution in [3.63, 3.8) is 0 Å². The molecule has 0 unspecified atom stereocenters. The van der Waals surface area contributed by atoms with Crippen LogP contribution in [0.15, 0.2) is 30.5 Å². The Labute approximate surface area is 122 Å². The summed E-state index contributed by atoms with van der Waals surface area (Å²) in [6.45, 7) is 0. The minimum atomic E-state index is -0.395. The molecule has 1 heterocycles. The first kappa shape index (κ1) is 13.8. The number of nitrogens with two attached hydrogens (primary N) is 1. The standard InChI is InChI=1S/C15H17N3O3/c16-10-3-5-11(6-4-10)21-14-8-7-13-12(2-1-9-17-13)15(14)18(19)20/h1-2,7-11H,3-6,16H2. The van der Waals surface area contributed by atoms with Gasteiger partial charge in [0.2, 0.25) is 0 Å². The number of fused-ring (bicyclic) bond motifs is 1. The first-order valence-corrected chi connectivity index (χ1v) is 7.09. The van der Waals surface area contributed by atoms with E-state index in [1.165, 1.54) is 0 Å². The Bertz CT molecular complexity index is 666. The normalized spacial score (nSPS) is 22.1. The van der Waals surface area contributed by atoms with Crippen molar-refractivity contribution in [3.05, 3.63) is 40.6 Å². The molecule has 0 atom stereocenters. The van der Waals surface area contributed by atoms with Crippen molar-refractivity contribution in [2.75, 3.05) is 0 Å². The maximum absolute atomic E-state index is 11.4. The third-order valence-electron chi connectivity index (χ3n) is 3.91. The molecular weight excluding hydrogens is 270 g/mol. The summed E-state index contributed by atoms with van der Waals surface area (Å²) >= 11 is 0. The smallest absolute Gasteiger partial charge is 0.320 e. The fraction of sp³-hybridized carbons (Fsp3) is 0.400. The molecule has 0 amide bonds. The molecule has 21 heavy (non-hydrogen) atoms. The molecule has 1 aromatic carbocycles. The summed E-state index contributed by atoms with van der Waals surface area (Å²) in [5.41, 5.74) is 6.47. The van der Waals surface area contributed by atoms with Gasteiger partial charge in [0.25, 0.3) is 0 Å². The molecule has 2 N–H and O–H groups in total. The highest BCUT2D eigenvalue weighted by molar-refractivity contribution is 5.90. The number of hydrogen-bond acceptors (Lipinski definition) is 5. The average Bonchev–Trinajstić information content (AvgIpc) is 2.49. The molecular formula is C15H17N3O3. The zero-order valence-electron chi connectivity index (χ0n) is 11.6. The number of ether oxygens (including phenoxy) is 1. The quantitative estimate of drug-likeness (QED) is 0.692. The van der Waals surface area contributed by atoms with E-state index < -0.39 is 4.92 Å². The lowest BCUT2D eigenvalue weighted by molar-refractivity contribution is -0.384. The number of nitro groups is 1. The Kier molecular flexibility index (Phi) is 3.70. The van der Waals surface area contributed by atoms with Crippen molar-refractivity contribution >= 4 is 16.6 Å². The van der Waals surface area contributed by atoms with E-state index in [-0.39, 0.29) is 17.8 Å². The molecule has 1 fully saturated rings. The van der Waals surface area contributed by atoms with Crippen LogP contribution in [-0.4, -0.2) is 22.1 Å². The molecule has 0 bridgehead atoms. The topological polar surface area (TPSA) is 91.3 Å². The fourth-order valence-corrected chi connectivity index (χ4v) is 2.79. The third-order valence-corrected chi connectivity index (χ3v) is 3.91. The van der Waals surface area contributed by atoms with Gasteiger partial charge in [-0.05, 0) is 49.9 Å². The second-order valence-electron chi connectivity index (χ2n) is 5.39. The van der Waals surface area contributed by atoms with Crippen LogP contribution in [0.4, 0.5) is 5.69 Å². The maximum atomic E-state index is 11.4. The minimum absolute atomic E-state index is 0.00220. The van der Waals surface area contributed by atoms with Crippen LogP contribution in [-0.2, 0) is 0 Å². The van der Waals surface area contributed by atoms with Crippen LogP contribution in [0.5, 0.6) is 5.75 Å². The second-order valence-corrected chi connectivity index (χ2v) is 5.39. The Balaban J connectivity index is 1.94. The third kappa shape index (κ3) is 2.80. The highest BCUT2D eigenvalue weighted by Crippen LogP contribution is 2.36. The van der Waals surface area contributed by atoms with Crippen molar-refractivity contribution in [2.45, 2.75) is 37.8 Å². The SMILES string of the molecule is NC1CCC(Oc2ccc3ncccc3c2[N+](=O)[O-])CC1. The van der Waals surface area contributed by atoms with Crippen molar-refractivity contribution < 1.29 is 9.66 Å². The van der Waals surface area contributed by atoms with Gasteiger partial charge in [0, 0.05) is 12.2 Å². The van der Waals surface area contributed by atoms with E-state index in [9.17, 15) is 10.1 Å². The summed E-state index contributed by atoms with van der Waals surface area (Å²) in [5, 5.41) is 11.9. The Morgan fingerprint density at radius 3 is 2.71 bits per heavy atom. The lowest BCUT2D eigenvalue weighted by Gasteiger charge is -2.26.